The van der Waals surface area contributed by atoms with Gasteiger partial charge in [0.15, 0.2) is 0 Å². The van der Waals surface area contributed by atoms with Crippen LogP contribution in [0.5, 0.6) is 0 Å². The number of nitrogens with two attached hydrogens (primary N) is 1. The van der Waals surface area contributed by atoms with Gasteiger partial charge in [0, 0.05) is 25.2 Å². The average molecular weight is 251 g/mol. The molecule has 1 rings (SSSR count). The Morgan fingerprint density at radius 1 is 1.29 bits per heavy atom. The second-order valence-electron chi connectivity index (χ2n) is 4.64. The molecule has 0 bridgehead atoms. The van der Waals surface area contributed by atoms with Crippen LogP contribution in [0.1, 0.15) is 12.8 Å². The van der Waals surface area contributed by atoms with Crippen molar-refractivity contribution in [2.45, 2.75) is 42.8 Å². The summed E-state index contributed by atoms with van der Waals surface area (Å²) in [4.78, 5) is 0. The summed E-state index contributed by atoms with van der Waals surface area (Å²) in [6, 6.07) is -0.986. The molecule has 1 fully saturated rings. The maximum Gasteiger partial charge on any atom is 0.134 e. The average Bonchev–Trinajstić information content (AvgIpc) is 2.31. The molecule has 0 amide bonds. The molecule has 6 atom stereocenters. The Hall–Kier alpha value is -0.280. The van der Waals surface area contributed by atoms with Gasteiger partial charge in [0.05, 0.1) is 12.2 Å². The van der Waals surface area contributed by atoms with Crippen molar-refractivity contribution in [3.63, 3.8) is 0 Å². The maximum atomic E-state index is 10.2. The zero-order chi connectivity index (χ0) is 13.2. The van der Waals surface area contributed by atoms with Crippen LogP contribution in [0.4, 0.5) is 0 Å². The first kappa shape index (κ1) is 14.8. The van der Waals surface area contributed by atoms with E-state index in [0.717, 1.165) is 0 Å². The Kier molecular flexibility index (Phi) is 4.85. The van der Waals surface area contributed by atoms with Crippen molar-refractivity contribution in [2.75, 3.05) is 13.2 Å². The van der Waals surface area contributed by atoms with Gasteiger partial charge in [-0.15, -0.1) is 0 Å². The van der Waals surface area contributed by atoms with Gasteiger partial charge in [-0.1, -0.05) is 0 Å². The highest BCUT2D eigenvalue weighted by Crippen LogP contribution is 2.35. The zero-order valence-corrected chi connectivity index (χ0v) is 9.48. The second-order valence-corrected chi connectivity index (χ2v) is 4.64. The van der Waals surface area contributed by atoms with Crippen molar-refractivity contribution >= 4 is 0 Å². The third-order valence-corrected chi connectivity index (χ3v) is 3.60. The third-order valence-electron chi connectivity index (χ3n) is 3.60. The Balaban J connectivity index is 2.91. The van der Waals surface area contributed by atoms with Crippen LogP contribution in [0.15, 0.2) is 0 Å². The summed E-state index contributed by atoms with van der Waals surface area (Å²) in [7, 11) is 0. The minimum absolute atomic E-state index is 0.0771. The van der Waals surface area contributed by atoms with E-state index in [9.17, 15) is 20.4 Å². The smallest absolute Gasteiger partial charge is 0.134 e. The maximum absolute atomic E-state index is 10.2. The number of aliphatic hydroxyl groups excluding tert-OH is 5. The fraction of sp³-hybridized carbons (Fsp3) is 1.00. The quantitative estimate of drug-likeness (QED) is 0.274. The van der Waals surface area contributed by atoms with Crippen molar-refractivity contribution in [1.82, 2.24) is 0 Å². The van der Waals surface area contributed by atoms with Crippen LogP contribution in [0, 0.1) is 5.92 Å². The molecule has 7 nitrogen and oxygen atoms in total. The van der Waals surface area contributed by atoms with E-state index in [2.05, 4.69) is 0 Å². The molecule has 1 aliphatic carbocycles. The number of aliphatic hydroxyl groups is 6. The van der Waals surface area contributed by atoms with E-state index in [1.807, 2.05) is 0 Å². The van der Waals surface area contributed by atoms with Crippen molar-refractivity contribution in [3.8, 4) is 0 Å². The minimum Gasteiger partial charge on any atom is -0.396 e. The lowest BCUT2D eigenvalue weighted by molar-refractivity contribution is -0.223. The second kappa shape index (κ2) is 5.57. The summed E-state index contributed by atoms with van der Waals surface area (Å²) in [5.41, 5.74) is 3.61. The van der Waals surface area contributed by atoms with E-state index in [-0.39, 0.29) is 26.1 Å². The standard InChI is InChI=1S/C10H21NO6/c11-6-3-5(4-13)8(15)9(16)10(6,17)7(14)1-2-12/h5-9,12-17H,1-4,11H2/t5-,6+,7?,8-,9+,10+/m1/s1. The predicted octanol–water partition coefficient (Wildman–Crippen LogP) is -3.48. The normalized spacial score (nSPS) is 44.6. The molecular formula is C10H21NO6. The SMILES string of the molecule is N[C@H]1C[C@H](CO)[C@@H](O)[C@H](O)[C@@]1(O)C(O)CCO. The number of hydrogen-bond donors (Lipinski definition) is 7. The van der Waals surface area contributed by atoms with Crippen LogP contribution in [0.25, 0.3) is 0 Å². The molecule has 0 heterocycles. The molecule has 0 aromatic carbocycles. The van der Waals surface area contributed by atoms with Gasteiger partial charge in [0.1, 0.15) is 11.7 Å². The predicted molar refractivity (Wildman–Crippen MR) is 57.8 cm³/mol. The largest absolute Gasteiger partial charge is 0.396 e. The van der Waals surface area contributed by atoms with Gasteiger partial charge in [-0.2, -0.15) is 0 Å². The Labute approximate surface area is 99.1 Å². The van der Waals surface area contributed by atoms with Gasteiger partial charge in [0.25, 0.3) is 0 Å². The summed E-state index contributed by atoms with van der Waals surface area (Å²) in [6.45, 7) is -0.736. The Morgan fingerprint density at radius 3 is 2.35 bits per heavy atom. The van der Waals surface area contributed by atoms with Gasteiger partial charge < -0.3 is 36.4 Å². The molecule has 0 radical (unpaired) electrons. The lowest BCUT2D eigenvalue weighted by Gasteiger charge is -2.49. The zero-order valence-electron chi connectivity index (χ0n) is 9.48. The minimum atomic E-state index is -2.08. The highest BCUT2D eigenvalue weighted by Gasteiger charge is 2.55. The van der Waals surface area contributed by atoms with Crippen LogP contribution in [0.2, 0.25) is 0 Å². The van der Waals surface area contributed by atoms with Crippen molar-refractivity contribution in [3.05, 3.63) is 0 Å². The molecule has 102 valence electrons. The van der Waals surface area contributed by atoms with Crippen LogP contribution >= 0.6 is 0 Å². The highest BCUT2D eigenvalue weighted by atomic mass is 16.4. The summed E-state index contributed by atoms with van der Waals surface area (Å²) < 4.78 is 0. The van der Waals surface area contributed by atoms with Crippen LogP contribution in [-0.2, 0) is 0 Å². The summed E-state index contributed by atoms with van der Waals surface area (Å²) in [5.74, 6) is -0.637. The van der Waals surface area contributed by atoms with Crippen molar-refractivity contribution < 1.29 is 30.6 Å². The van der Waals surface area contributed by atoms with E-state index in [4.69, 9.17) is 15.9 Å². The fourth-order valence-electron chi connectivity index (χ4n) is 2.39. The summed E-state index contributed by atoms with van der Waals surface area (Å²) in [6.07, 6.45) is -4.54. The summed E-state index contributed by atoms with van der Waals surface area (Å²) in [5, 5.41) is 57.2. The topological polar surface area (TPSA) is 147 Å². The van der Waals surface area contributed by atoms with E-state index < -0.39 is 35.9 Å². The molecule has 0 aliphatic heterocycles. The van der Waals surface area contributed by atoms with Crippen molar-refractivity contribution in [1.29, 1.82) is 0 Å². The van der Waals surface area contributed by atoms with E-state index in [1.54, 1.807) is 0 Å². The van der Waals surface area contributed by atoms with Gasteiger partial charge >= 0.3 is 0 Å². The van der Waals surface area contributed by atoms with Crippen LogP contribution < -0.4 is 5.73 Å². The van der Waals surface area contributed by atoms with Crippen LogP contribution in [0.3, 0.4) is 0 Å². The highest BCUT2D eigenvalue weighted by molar-refractivity contribution is 5.08. The van der Waals surface area contributed by atoms with Gasteiger partial charge in [-0.25, -0.2) is 0 Å². The molecule has 1 unspecified atom stereocenters. The fourth-order valence-corrected chi connectivity index (χ4v) is 2.39. The van der Waals surface area contributed by atoms with Gasteiger partial charge in [0.2, 0.25) is 0 Å². The molecule has 1 saturated carbocycles. The first-order chi connectivity index (χ1) is 7.89. The molecule has 0 spiro atoms. The number of rotatable bonds is 4. The van der Waals surface area contributed by atoms with E-state index in [0.29, 0.717) is 0 Å². The third kappa shape index (κ3) is 2.45. The molecule has 17 heavy (non-hydrogen) atoms. The molecule has 0 aromatic rings. The molecule has 0 saturated heterocycles. The lowest BCUT2D eigenvalue weighted by Crippen LogP contribution is -2.71. The molecule has 8 N–H and O–H groups in total. The van der Waals surface area contributed by atoms with E-state index in [1.165, 1.54) is 0 Å². The van der Waals surface area contributed by atoms with Gasteiger partial charge in [-0.3, -0.25) is 0 Å². The Morgan fingerprint density at radius 2 is 1.88 bits per heavy atom. The number of hydrogen-bond acceptors (Lipinski definition) is 7. The van der Waals surface area contributed by atoms with Crippen molar-refractivity contribution in [2.24, 2.45) is 11.7 Å². The molecular weight excluding hydrogens is 230 g/mol. The molecule has 0 aromatic heterocycles. The van der Waals surface area contributed by atoms with Gasteiger partial charge in [-0.05, 0) is 12.8 Å². The van der Waals surface area contributed by atoms with Crippen LogP contribution in [-0.4, -0.2) is 73.8 Å². The molecule has 1 aliphatic rings. The first-order valence-electron chi connectivity index (χ1n) is 5.63. The van der Waals surface area contributed by atoms with E-state index >= 15 is 0 Å². The first-order valence-corrected chi connectivity index (χ1v) is 5.63. The molecule has 7 heteroatoms. The lowest BCUT2D eigenvalue weighted by atomic mass is 9.68. The Bertz CT molecular complexity index is 253. The monoisotopic (exact) mass is 251 g/mol. The summed E-state index contributed by atoms with van der Waals surface area (Å²) >= 11 is 0.